The van der Waals surface area contributed by atoms with Crippen molar-refractivity contribution >= 4 is 22.4 Å². The number of anilines is 1. The van der Waals surface area contributed by atoms with E-state index in [0.29, 0.717) is 6.61 Å². The molecule has 0 spiro atoms. The normalized spacial score (nSPS) is 16.6. The highest BCUT2D eigenvalue weighted by molar-refractivity contribution is 7.14. The van der Waals surface area contributed by atoms with Gasteiger partial charge in [0.05, 0.1) is 5.69 Å². The van der Waals surface area contributed by atoms with Crippen LogP contribution in [0.15, 0.2) is 41.8 Å². The van der Waals surface area contributed by atoms with Gasteiger partial charge < -0.3 is 24.7 Å². The van der Waals surface area contributed by atoms with E-state index in [0.717, 1.165) is 96.3 Å². The summed E-state index contributed by atoms with van der Waals surface area (Å²) in [5, 5.41) is 21.9. The molecule has 0 radical (unpaired) electrons. The largest absolute Gasteiger partial charge is 0.488 e. The summed E-state index contributed by atoms with van der Waals surface area (Å²) in [6, 6.07) is 12.0. The fourth-order valence-corrected chi connectivity index (χ4v) is 6.09. The van der Waals surface area contributed by atoms with Crippen LogP contribution in [0.4, 0.5) is 5.13 Å². The van der Waals surface area contributed by atoms with Gasteiger partial charge in [0.15, 0.2) is 11.4 Å². The van der Waals surface area contributed by atoms with Gasteiger partial charge in [-0.2, -0.15) is 0 Å². The van der Waals surface area contributed by atoms with Gasteiger partial charge >= 0.3 is 0 Å². The third kappa shape index (κ3) is 5.66. The van der Waals surface area contributed by atoms with Crippen molar-refractivity contribution in [3.8, 4) is 17.0 Å². The molecule has 0 unspecified atom stereocenters. The Balaban J connectivity index is 1.29. The number of aliphatic hydroxyl groups excluding tert-OH is 1. The fraction of sp³-hybridized carbons (Fsp3) is 0.448. The molecular weight excluding hydrogens is 486 g/mol. The first kappa shape index (κ1) is 25.7. The summed E-state index contributed by atoms with van der Waals surface area (Å²) in [6.45, 7) is 7.72. The summed E-state index contributed by atoms with van der Waals surface area (Å²) in [4.78, 5) is 21.8. The Labute approximate surface area is 222 Å². The van der Waals surface area contributed by atoms with Crippen LogP contribution in [0.3, 0.4) is 0 Å². The topological polar surface area (TPSA) is 86.1 Å². The van der Waals surface area contributed by atoms with E-state index in [1.54, 1.807) is 11.3 Å². The predicted octanol–water partition coefficient (Wildman–Crippen LogP) is 4.77. The molecule has 2 fully saturated rings. The molecule has 1 amide bonds. The number of ether oxygens (including phenoxy) is 1. The van der Waals surface area contributed by atoms with Crippen molar-refractivity contribution < 1.29 is 19.7 Å². The number of hydrogen-bond acceptors (Lipinski definition) is 7. The zero-order valence-electron chi connectivity index (χ0n) is 21.5. The minimum atomic E-state index is -1.24. The zero-order valence-corrected chi connectivity index (χ0v) is 22.3. The van der Waals surface area contributed by atoms with Crippen molar-refractivity contribution in [1.82, 2.24) is 9.88 Å². The Hall–Kier alpha value is -2.94. The number of aromatic nitrogens is 1. The smallest absolute Gasteiger partial charge is 0.253 e. The number of amides is 1. The van der Waals surface area contributed by atoms with Gasteiger partial charge in [0.25, 0.3) is 5.91 Å². The summed E-state index contributed by atoms with van der Waals surface area (Å²) in [6.07, 6.45) is 2.41. The number of aliphatic hydroxyl groups is 2. The average molecular weight is 522 g/mol. The minimum Gasteiger partial charge on any atom is -0.488 e. The van der Waals surface area contributed by atoms with Gasteiger partial charge in [0.2, 0.25) is 0 Å². The highest BCUT2D eigenvalue weighted by atomic mass is 32.1. The van der Waals surface area contributed by atoms with Crippen LogP contribution in [0.25, 0.3) is 11.3 Å². The number of rotatable bonds is 7. The van der Waals surface area contributed by atoms with Crippen molar-refractivity contribution in [3.63, 3.8) is 0 Å². The highest BCUT2D eigenvalue weighted by Gasteiger charge is 2.26. The monoisotopic (exact) mass is 521 g/mol. The maximum atomic E-state index is 12.8. The number of piperidine rings is 1. The lowest BCUT2D eigenvalue weighted by Gasteiger charge is -2.32. The van der Waals surface area contributed by atoms with Crippen LogP contribution >= 0.6 is 11.3 Å². The Morgan fingerprint density at radius 2 is 1.84 bits per heavy atom. The van der Waals surface area contributed by atoms with E-state index < -0.39 is 6.29 Å². The molecule has 2 aliphatic heterocycles. The molecule has 2 N–H and O–H groups in total. The third-order valence-electron chi connectivity index (χ3n) is 7.57. The van der Waals surface area contributed by atoms with Gasteiger partial charge in [-0.3, -0.25) is 4.79 Å². The molecule has 7 nitrogen and oxygen atoms in total. The summed E-state index contributed by atoms with van der Waals surface area (Å²) in [5.41, 5.74) is 5.73. The van der Waals surface area contributed by atoms with Crippen LogP contribution in [0.2, 0.25) is 0 Å². The van der Waals surface area contributed by atoms with Crippen LogP contribution in [-0.4, -0.2) is 58.5 Å². The summed E-state index contributed by atoms with van der Waals surface area (Å²) >= 11 is 1.60. The molecule has 2 aliphatic rings. The van der Waals surface area contributed by atoms with Crippen molar-refractivity contribution in [2.24, 2.45) is 5.92 Å². The molecule has 1 aromatic heterocycles. The van der Waals surface area contributed by atoms with Crippen molar-refractivity contribution in [2.45, 2.75) is 52.4 Å². The molecule has 5 rings (SSSR count). The first-order chi connectivity index (χ1) is 17.9. The Kier molecular flexibility index (Phi) is 7.79. The van der Waals surface area contributed by atoms with E-state index in [-0.39, 0.29) is 11.8 Å². The number of thiazole rings is 1. The predicted molar refractivity (Wildman–Crippen MR) is 146 cm³/mol. The van der Waals surface area contributed by atoms with E-state index in [2.05, 4.69) is 10.3 Å². The standard InChI is InChI=1S/C29H35N3O4S/c1-19-6-5-7-24(25-18-37-29(30-25)32-14-10-21(11-15-32)28(34)35)26(19)36-17-23-9-8-22(16-20(23)2)27(33)31-12-3-4-13-31/h5-9,16,18,21,28,34-35H,3-4,10-15,17H2,1-2H3. The van der Waals surface area contributed by atoms with E-state index >= 15 is 0 Å². The second-order valence-corrected chi connectivity index (χ2v) is 11.0. The Morgan fingerprint density at radius 3 is 2.54 bits per heavy atom. The molecule has 0 aliphatic carbocycles. The van der Waals surface area contributed by atoms with Gasteiger partial charge in [-0.25, -0.2) is 4.98 Å². The SMILES string of the molecule is Cc1cc(C(=O)N2CCCC2)ccc1COc1c(C)cccc1-c1csc(N2CCC(C(O)O)CC2)n1. The lowest BCUT2D eigenvalue weighted by molar-refractivity contribution is -0.0893. The molecule has 2 saturated heterocycles. The first-order valence-corrected chi connectivity index (χ1v) is 14.0. The number of nitrogens with zero attached hydrogens (tertiary/aromatic N) is 3. The van der Waals surface area contributed by atoms with Crippen LogP contribution < -0.4 is 9.64 Å². The van der Waals surface area contributed by atoms with Crippen LogP contribution in [-0.2, 0) is 6.61 Å². The second-order valence-electron chi connectivity index (χ2n) is 10.1. The number of aryl methyl sites for hydroxylation is 2. The highest BCUT2D eigenvalue weighted by Crippen LogP contribution is 2.37. The zero-order chi connectivity index (χ0) is 25.9. The van der Waals surface area contributed by atoms with Gasteiger partial charge in [-0.05, 0) is 74.4 Å². The Bertz CT molecular complexity index is 1240. The summed E-state index contributed by atoms with van der Waals surface area (Å²) < 4.78 is 6.38. The average Bonchev–Trinajstić information content (AvgIpc) is 3.61. The van der Waals surface area contributed by atoms with Gasteiger partial charge in [0.1, 0.15) is 12.4 Å². The van der Waals surface area contributed by atoms with Crippen molar-refractivity contribution in [1.29, 1.82) is 0 Å². The summed E-state index contributed by atoms with van der Waals surface area (Å²) in [5.74, 6) is 0.867. The maximum Gasteiger partial charge on any atom is 0.253 e. The number of carbonyl (C=O) groups is 1. The van der Waals surface area contributed by atoms with E-state index in [1.165, 1.54) is 0 Å². The number of hydrogen-bond donors (Lipinski definition) is 2. The molecule has 8 heteroatoms. The number of likely N-dealkylation sites (tertiary alicyclic amines) is 1. The van der Waals surface area contributed by atoms with Gasteiger partial charge in [-0.15, -0.1) is 11.3 Å². The molecule has 3 aromatic rings. The second kappa shape index (κ2) is 11.2. The minimum absolute atomic E-state index is 0.0664. The van der Waals surface area contributed by atoms with E-state index in [4.69, 9.17) is 9.72 Å². The van der Waals surface area contributed by atoms with Crippen LogP contribution in [0.5, 0.6) is 5.75 Å². The van der Waals surface area contributed by atoms with Crippen molar-refractivity contribution in [3.05, 3.63) is 64.0 Å². The number of benzene rings is 2. The molecule has 0 bridgehead atoms. The Morgan fingerprint density at radius 1 is 1.08 bits per heavy atom. The third-order valence-corrected chi connectivity index (χ3v) is 8.47. The molecule has 196 valence electrons. The van der Waals surface area contributed by atoms with Gasteiger partial charge in [-0.1, -0.05) is 18.2 Å². The molecule has 3 heterocycles. The van der Waals surface area contributed by atoms with Gasteiger partial charge in [0, 0.05) is 48.6 Å². The fourth-order valence-electron chi connectivity index (χ4n) is 5.21. The van der Waals surface area contributed by atoms with E-state index in [9.17, 15) is 15.0 Å². The van der Waals surface area contributed by atoms with Crippen LogP contribution in [0.1, 0.15) is 52.7 Å². The lowest BCUT2D eigenvalue weighted by Crippen LogP contribution is -2.37. The molecule has 2 aromatic carbocycles. The quantitative estimate of drug-likeness (QED) is 0.436. The lowest BCUT2D eigenvalue weighted by atomic mass is 9.97. The van der Waals surface area contributed by atoms with Crippen molar-refractivity contribution in [2.75, 3.05) is 31.1 Å². The maximum absolute atomic E-state index is 12.8. The number of para-hydroxylation sites is 1. The molecule has 37 heavy (non-hydrogen) atoms. The summed E-state index contributed by atoms with van der Waals surface area (Å²) in [7, 11) is 0. The first-order valence-electron chi connectivity index (χ1n) is 13.1. The molecule has 0 saturated carbocycles. The number of carbonyl (C=O) groups excluding carboxylic acids is 1. The van der Waals surface area contributed by atoms with E-state index in [1.807, 2.05) is 55.1 Å². The molecule has 0 atom stereocenters. The molecular formula is C29H35N3O4S. The van der Waals surface area contributed by atoms with Crippen LogP contribution in [0, 0.1) is 19.8 Å².